The Morgan fingerprint density at radius 2 is 2.07 bits per heavy atom. The molecule has 0 saturated heterocycles. The molecule has 2 amide bonds. The predicted octanol–water partition coefficient (Wildman–Crippen LogP) is 0.0980. The van der Waals surface area contributed by atoms with E-state index < -0.39 is 20.5 Å². The van der Waals surface area contributed by atoms with Crippen molar-refractivity contribution in [2.45, 2.75) is 37.5 Å². The Kier molecular flexibility index (Phi) is 5.70. The lowest BCUT2D eigenvalue weighted by molar-refractivity contribution is -0.131. The number of aliphatic hydroxyl groups excluding tert-OH is 1. The average Bonchev–Trinajstić information content (AvgIpc) is 3.28. The molecule has 2 heterocycles. The largest absolute Gasteiger partial charge is 0.395 e. The summed E-state index contributed by atoms with van der Waals surface area (Å²) in [6, 6.07) is 1.41. The highest BCUT2D eigenvalue weighted by atomic mass is 32.2. The van der Waals surface area contributed by atoms with Crippen LogP contribution in [0.5, 0.6) is 0 Å². The number of carbonyl (C=O) groups excluding carboxylic acids is 2. The van der Waals surface area contributed by atoms with Crippen molar-refractivity contribution in [3.05, 3.63) is 23.5 Å². The van der Waals surface area contributed by atoms with Crippen LogP contribution in [-0.4, -0.2) is 64.3 Å². The predicted molar refractivity (Wildman–Crippen MR) is 107 cm³/mol. The van der Waals surface area contributed by atoms with E-state index in [2.05, 4.69) is 23.7 Å². The molecule has 0 unspecified atom stereocenters. The molecule has 160 valence electrons. The SMILES string of the molecule is C[C@@](CCN1Cc2cc(C#CC#CC3(CO)CC3)cn2C1=O)(C(=O)NO)S(C)(=O)=O. The van der Waals surface area contributed by atoms with E-state index in [4.69, 9.17) is 5.21 Å². The van der Waals surface area contributed by atoms with Gasteiger partial charge in [0.1, 0.15) is 0 Å². The lowest BCUT2D eigenvalue weighted by atomic mass is 10.1. The van der Waals surface area contributed by atoms with Crippen molar-refractivity contribution in [1.82, 2.24) is 14.9 Å². The molecular weight excluding hydrogens is 410 g/mol. The number of nitrogens with zero attached hydrogens (tertiary/aromatic N) is 2. The summed E-state index contributed by atoms with van der Waals surface area (Å²) in [5, 5.41) is 18.1. The molecule has 2 aliphatic rings. The summed E-state index contributed by atoms with van der Waals surface area (Å²) in [6.45, 7) is 1.52. The number of fused-ring (bicyclic) bond motifs is 1. The first kappa shape index (κ1) is 21.9. The number of nitrogens with one attached hydrogen (secondary N) is 1. The Morgan fingerprint density at radius 1 is 1.37 bits per heavy atom. The van der Waals surface area contributed by atoms with Crippen LogP contribution in [0.3, 0.4) is 0 Å². The van der Waals surface area contributed by atoms with Crippen molar-refractivity contribution < 1.29 is 28.3 Å². The average molecular weight is 433 g/mol. The number of hydroxylamine groups is 1. The van der Waals surface area contributed by atoms with Gasteiger partial charge < -0.3 is 10.0 Å². The van der Waals surface area contributed by atoms with Gasteiger partial charge in [0.2, 0.25) is 0 Å². The van der Waals surface area contributed by atoms with E-state index in [1.54, 1.807) is 12.3 Å². The Hall–Kier alpha value is -2.79. The van der Waals surface area contributed by atoms with Crippen LogP contribution in [0.4, 0.5) is 4.79 Å². The number of aliphatic hydroxyl groups is 1. The van der Waals surface area contributed by atoms with E-state index in [-0.39, 0.29) is 37.6 Å². The van der Waals surface area contributed by atoms with E-state index in [9.17, 15) is 23.1 Å². The maximum atomic E-state index is 12.6. The molecule has 1 aromatic heterocycles. The van der Waals surface area contributed by atoms with Crippen molar-refractivity contribution in [1.29, 1.82) is 0 Å². The van der Waals surface area contributed by atoms with Gasteiger partial charge in [0.25, 0.3) is 5.91 Å². The molecule has 1 saturated carbocycles. The molecule has 1 aliphatic heterocycles. The molecule has 1 aromatic rings. The van der Waals surface area contributed by atoms with Gasteiger partial charge in [0.05, 0.1) is 18.6 Å². The van der Waals surface area contributed by atoms with Gasteiger partial charge in [-0.15, -0.1) is 0 Å². The van der Waals surface area contributed by atoms with Crippen LogP contribution in [0.2, 0.25) is 0 Å². The van der Waals surface area contributed by atoms with E-state index >= 15 is 0 Å². The molecule has 10 heteroatoms. The van der Waals surface area contributed by atoms with Gasteiger partial charge in [-0.25, -0.2) is 18.7 Å². The van der Waals surface area contributed by atoms with E-state index in [0.29, 0.717) is 11.3 Å². The van der Waals surface area contributed by atoms with Crippen molar-refractivity contribution in [3.8, 4) is 23.7 Å². The van der Waals surface area contributed by atoms with Crippen molar-refractivity contribution in [2.24, 2.45) is 5.41 Å². The molecule has 1 atom stereocenters. The first-order chi connectivity index (χ1) is 14.0. The third-order valence-electron chi connectivity index (χ3n) is 5.74. The van der Waals surface area contributed by atoms with Gasteiger partial charge in [0.15, 0.2) is 14.6 Å². The topological polar surface area (TPSA) is 129 Å². The van der Waals surface area contributed by atoms with Crippen LogP contribution in [0.1, 0.15) is 37.4 Å². The smallest absolute Gasteiger partial charge is 0.328 e. The maximum Gasteiger partial charge on any atom is 0.328 e. The van der Waals surface area contributed by atoms with Crippen LogP contribution in [0, 0.1) is 29.1 Å². The molecule has 3 N–H and O–H groups in total. The summed E-state index contributed by atoms with van der Waals surface area (Å²) in [6.07, 6.45) is 4.09. The minimum absolute atomic E-state index is 0.0211. The lowest BCUT2D eigenvalue weighted by Gasteiger charge is -2.27. The molecule has 1 aliphatic carbocycles. The fourth-order valence-electron chi connectivity index (χ4n) is 3.14. The number of sulfone groups is 1. The summed E-state index contributed by atoms with van der Waals surface area (Å²) in [5.74, 6) is 10.3. The first-order valence-corrected chi connectivity index (χ1v) is 11.2. The first-order valence-electron chi connectivity index (χ1n) is 9.34. The molecule has 3 rings (SSSR count). The molecule has 0 radical (unpaired) electrons. The van der Waals surface area contributed by atoms with Crippen molar-refractivity contribution in [3.63, 3.8) is 0 Å². The normalized spacial score (nSPS) is 18.4. The van der Waals surface area contributed by atoms with Crippen LogP contribution in [0.25, 0.3) is 0 Å². The third kappa shape index (κ3) is 4.08. The van der Waals surface area contributed by atoms with Gasteiger partial charge in [-0.05, 0) is 44.1 Å². The summed E-state index contributed by atoms with van der Waals surface area (Å²) in [5.41, 5.74) is 2.42. The minimum atomic E-state index is -3.83. The molecule has 0 bridgehead atoms. The number of hydrogen-bond donors (Lipinski definition) is 3. The highest BCUT2D eigenvalue weighted by Crippen LogP contribution is 2.44. The molecule has 9 nitrogen and oxygen atoms in total. The minimum Gasteiger partial charge on any atom is -0.395 e. The van der Waals surface area contributed by atoms with Gasteiger partial charge >= 0.3 is 6.03 Å². The fourth-order valence-corrected chi connectivity index (χ4v) is 3.99. The van der Waals surface area contributed by atoms with Gasteiger partial charge in [0, 0.05) is 30.3 Å². The zero-order chi connectivity index (χ0) is 22.2. The van der Waals surface area contributed by atoms with Crippen LogP contribution in [-0.2, 0) is 21.2 Å². The number of aromatic nitrogens is 1. The van der Waals surface area contributed by atoms with Gasteiger partial charge in [-0.1, -0.05) is 11.8 Å². The molecular formula is C20H23N3O6S. The Bertz CT molecular complexity index is 1110. The highest BCUT2D eigenvalue weighted by Gasteiger charge is 2.44. The Labute approximate surface area is 174 Å². The van der Waals surface area contributed by atoms with Crippen molar-refractivity contribution >= 4 is 21.8 Å². The fraction of sp³-hybridized carbons (Fsp3) is 0.500. The summed E-state index contributed by atoms with van der Waals surface area (Å²) in [7, 11) is -3.83. The second-order valence-electron chi connectivity index (χ2n) is 7.93. The number of amides is 2. The highest BCUT2D eigenvalue weighted by molar-refractivity contribution is 7.92. The van der Waals surface area contributed by atoms with Gasteiger partial charge in [-0.2, -0.15) is 0 Å². The summed E-state index contributed by atoms with van der Waals surface area (Å²) in [4.78, 5) is 25.9. The van der Waals surface area contributed by atoms with Gasteiger partial charge in [-0.3, -0.25) is 14.6 Å². The zero-order valence-electron chi connectivity index (χ0n) is 16.7. The second-order valence-corrected chi connectivity index (χ2v) is 10.4. The summed E-state index contributed by atoms with van der Waals surface area (Å²) >= 11 is 0. The second kappa shape index (κ2) is 7.80. The van der Waals surface area contributed by atoms with Crippen LogP contribution in [0.15, 0.2) is 12.3 Å². The zero-order valence-corrected chi connectivity index (χ0v) is 17.5. The summed E-state index contributed by atoms with van der Waals surface area (Å²) < 4.78 is 23.7. The van der Waals surface area contributed by atoms with E-state index in [0.717, 1.165) is 19.1 Å². The third-order valence-corrected chi connectivity index (χ3v) is 7.77. The number of rotatable bonds is 6. The van der Waals surface area contributed by atoms with E-state index in [1.165, 1.54) is 21.9 Å². The maximum absolute atomic E-state index is 12.6. The Morgan fingerprint density at radius 3 is 2.60 bits per heavy atom. The van der Waals surface area contributed by atoms with Crippen molar-refractivity contribution in [2.75, 3.05) is 19.4 Å². The standard InChI is InChI=1S/C20H23N3O6S/c1-19(17(25)21-27,30(2,28)29)9-10-22-13-16-11-15(12-23(16)18(22)26)5-3-4-6-20(14-24)7-8-20/h11-12,24,27H,7-10,13-14H2,1-2H3,(H,21,25)/t19-/m1/s1. The quantitative estimate of drug-likeness (QED) is 0.332. The van der Waals surface area contributed by atoms with E-state index in [1.807, 2.05) is 0 Å². The molecule has 0 spiro atoms. The van der Waals surface area contributed by atoms with Crippen LogP contribution < -0.4 is 5.48 Å². The number of carbonyl (C=O) groups is 2. The Balaban J connectivity index is 1.66. The molecule has 0 aromatic carbocycles. The molecule has 1 fully saturated rings. The lowest BCUT2D eigenvalue weighted by Crippen LogP contribution is -2.50. The number of hydrogen-bond acceptors (Lipinski definition) is 6. The molecule has 30 heavy (non-hydrogen) atoms. The monoisotopic (exact) mass is 433 g/mol. The van der Waals surface area contributed by atoms with Crippen LogP contribution >= 0.6 is 0 Å².